The number of hydrogen-bond acceptors (Lipinski definition) is 1. The second-order valence-corrected chi connectivity index (χ2v) is 3.14. The van der Waals surface area contributed by atoms with Crippen LogP contribution >= 0.6 is 0 Å². The first kappa shape index (κ1) is 11.0. The summed E-state index contributed by atoms with van der Waals surface area (Å²) in [7, 11) is 0. The van der Waals surface area contributed by atoms with Crippen LogP contribution in [0.4, 0.5) is 0 Å². The summed E-state index contributed by atoms with van der Waals surface area (Å²) in [5.41, 5.74) is 2.18. The lowest BCUT2D eigenvalue weighted by Gasteiger charge is -1.94. The molecule has 12 heavy (non-hydrogen) atoms. The zero-order valence-electron chi connectivity index (χ0n) is 7.92. The predicted molar refractivity (Wildman–Crippen MR) is 50.1 cm³/mol. The van der Waals surface area contributed by atoms with E-state index in [0.29, 0.717) is 0 Å². The molecule has 0 spiro atoms. The maximum absolute atomic E-state index is 10.3. The number of carboxylic acid groups (broad SMARTS) is 1. The fourth-order valence-corrected chi connectivity index (χ4v) is 0.807. The lowest BCUT2D eigenvalue weighted by molar-refractivity contribution is -0.136. The quantitative estimate of drug-likeness (QED) is 0.655. The molecule has 68 valence electrons. The fraction of sp³-hybridized carbons (Fsp3) is 0.500. The zero-order chi connectivity index (χ0) is 9.56. The summed E-state index contributed by atoms with van der Waals surface area (Å²) >= 11 is 0. The second kappa shape index (κ2) is 5.58. The van der Waals surface area contributed by atoms with Crippen LogP contribution in [-0.4, -0.2) is 11.1 Å². The predicted octanol–water partition coefficient (Wildman–Crippen LogP) is 2.76. The Hall–Kier alpha value is -1.05. The van der Waals surface area contributed by atoms with Crippen LogP contribution in [0.3, 0.4) is 0 Å². The summed E-state index contributed by atoms with van der Waals surface area (Å²) in [6.45, 7) is 5.90. The molecule has 0 aromatic rings. The molecule has 0 atom stereocenters. The first-order valence-corrected chi connectivity index (χ1v) is 4.03. The average molecular weight is 168 g/mol. The number of rotatable bonds is 4. The van der Waals surface area contributed by atoms with Gasteiger partial charge in [0.2, 0.25) is 0 Å². The smallest absolute Gasteiger partial charge is 0.307 e. The van der Waals surface area contributed by atoms with E-state index in [0.717, 1.165) is 12.0 Å². The molecule has 0 amide bonds. The SMILES string of the molecule is CC(C)=CCC=C(C)CC(=O)O. The molecule has 0 saturated carbocycles. The summed E-state index contributed by atoms with van der Waals surface area (Å²) in [5.74, 6) is -0.763. The van der Waals surface area contributed by atoms with E-state index in [4.69, 9.17) is 5.11 Å². The fourth-order valence-electron chi connectivity index (χ4n) is 0.807. The molecule has 0 bridgehead atoms. The van der Waals surface area contributed by atoms with Crippen molar-refractivity contribution < 1.29 is 9.90 Å². The van der Waals surface area contributed by atoms with Gasteiger partial charge in [-0.05, 0) is 27.2 Å². The molecule has 0 unspecified atom stereocenters. The van der Waals surface area contributed by atoms with Gasteiger partial charge in [-0.25, -0.2) is 0 Å². The number of aliphatic carboxylic acids is 1. The van der Waals surface area contributed by atoms with Crippen LogP contribution < -0.4 is 0 Å². The Bertz CT molecular complexity index is 208. The van der Waals surface area contributed by atoms with Crippen LogP contribution in [0.1, 0.15) is 33.6 Å². The molecular formula is C10H16O2. The van der Waals surface area contributed by atoms with E-state index in [9.17, 15) is 4.79 Å². The van der Waals surface area contributed by atoms with Crippen LogP contribution in [-0.2, 0) is 4.79 Å². The van der Waals surface area contributed by atoms with E-state index >= 15 is 0 Å². The highest BCUT2D eigenvalue weighted by Crippen LogP contribution is 2.03. The van der Waals surface area contributed by atoms with Crippen molar-refractivity contribution in [2.75, 3.05) is 0 Å². The van der Waals surface area contributed by atoms with Crippen LogP contribution in [0.2, 0.25) is 0 Å². The minimum Gasteiger partial charge on any atom is -0.481 e. The zero-order valence-corrected chi connectivity index (χ0v) is 7.92. The maximum atomic E-state index is 10.3. The Morgan fingerprint density at radius 3 is 2.25 bits per heavy atom. The van der Waals surface area contributed by atoms with Crippen molar-refractivity contribution in [1.82, 2.24) is 0 Å². The van der Waals surface area contributed by atoms with Crippen molar-refractivity contribution in [2.45, 2.75) is 33.6 Å². The number of carboxylic acids is 1. The molecule has 0 saturated heterocycles. The highest BCUT2D eigenvalue weighted by molar-refractivity contribution is 5.69. The van der Waals surface area contributed by atoms with E-state index in [-0.39, 0.29) is 6.42 Å². The minimum absolute atomic E-state index is 0.149. The van der Waals surface area contributed by atoms with Gasteiger partial charge in [0, 0.05) is 0 Å². The van der Waals surface area contributed by atoms with E-state index in [2.05, 4.69) is 6.08 Å². The van der Waals surface area contributed by atoms with E-state index in [1.165, 1.54) is 5.57 Å². The first-order valence-electron chi connectivity index (χ1n) is 4.03. The van der Waals surface area contributed by atoms with Crippen LogP contribution in [0.15, 0.2) is 23.3 Å². The molecule has 0 radical (unpaired) electrons. The maximum Gasteiger partial charge on any atom is 0.307 e. The standard InChI is InChI=1S/C10H16O2/c1-8(2)5-4-6-9(3)7-10(11)12/h5-6H,4,7H2,1-3H3,(H,11,12). The summed E-state index contributed by atoms with van der Waals surface area (Å²) in [5, 5.41) is 8.44. The summed E-state index contributed by atoms with van der Waals surface area (Å²) in [6.07, 6.45) is 5.00. The normalized spacial score (nSPS) is 11.1. The monoisotopic (exact) mass is 168 g/mol. The van der Waals surface area contributed by atoms with Gasteiger partial charge >= 0.3 is 5.97 Å². The Morgan fingerprint density at radius 1 is 1.25 bits per heavy atom. The van der Waals surface area contributed by atoms with Crippen molar-refractivity contribution in [3.63, 3.8) is 0 Å². The van der Waals surface area contributed by atoms with Gasteiger partial charge in [0.15, 0.2) is 0 Å². The molecule has 0 aromatic carbocycles. The van der Waals surface area contributed by atoms with Crippen LogP contribution in [0.25, 0.3) is 0 Å². The summed E-state index contributed by atoms with van der Waals surface area (Å²) < 4.78 is 0. The molecule has 0 aliphatic carbocycles. The average Bonchev–Trinajstić information content (AvgIpc) is 1.84. The molecule has 0 heterocycles. The molecule has 0 aromatic heterocycles. The van der Waals surface area contributed by atoms with E-state index in [1.807, 2.05) is 26.8 Å². The van der Waals surface area contributed by atoms with Crippen molar-refractivity contribution in [2.24, 2.45) is 0 Å². The van der Waals surface area contributed by atoms with Gasteiger partial charge in [0.25, 0.3) is 0 Å². The Kier molecular flexibility index (Phi) is 5.09. The molecule has 2 nitrogen and oxygen atoms in total. The second-order valence-electron chi connectivity index (χ2n) is 3.14. The molecule has 0 aliphatic rings. The molecule has 1 N–H and O–H groups in total. The van der Waals surface area contributed by atoms with Gasteiger partial charge in [-0.15, -0.1) is 0 Å². The molecule has 0 aliphatic heterocycles. The lowest BCUT2D eigenvalue weighted by atomic mass is 10.1. The van der Waals surface area contributed by atoms with Gasteiger partial charge in [-0.3, -0.25) is 4.79 Å². The van der Waals surface area contributed by atoms with Gasteiger partial charge < -0.3 is 5.11 Å². The van der Waals surface area contributed by atoms with Crippen molar-refractivity contribution in [3.8, 4) is 0 Å². The van der Waals surface area contributed by atoms with Crippen LogP contribution in [0, 0.1) is 0 Å². The summed E-state index contributed by atoms with van der Waals surface area (Å²) in [6, 6.07) is 0. The number of hydrogen-bond donors (Lipinski definition) is 1. The van der Waals surface area contributed by atoms with Crippen molar-refractivity contribution in [3.05, 3.63) is 23.3 Å². The molecule has 0 fully saturated rings. The van der Waals surface area contributed by atoms with Gasteiger partial charge in [0.05, 0.1) is 6.42 Å². The lowest BCUT2D eigenvalue weighted by Crippen LogP contribution is -1.94. The minimum atomic E-state index is -0.763. The third-order valence-corrected chi connectivity index (χ3v) is 1.42. The Morgan fingerprint density at radius 2 is 1.83 bits per heavy atom. The Labute approximate surface area is 73.6 Å². The number of allylic oxidation sites excluding steroid dienone is 3. The molecule has 2 heteroatoms. The largest absolute Gasteiger partial charge is 0.481 e. The number of carbonyl (C=O) groups is 1. The van der Waals surface area contributed by atoms with Crippen LogP contribution in [0.5, 0.6) is 0 Å². The van der Waals surface area contributed by atoms with Gasteiger partial charge in [-0.1, -0.05) is 23.3 Å². The van der Waals surface area contributed by atoms with Gasteiger partial charge in [-0.2, -0.15) is 0 Å². The summed E-state index contributed by atoms with van der Waals surface area (Å²) in [4.78, 5) is 10.3. The van der Waals surface area contributed by atoms with E-state index in [1.54, 1.807) is 0 Å². The van der Waals surface area contributed by atoms with E-state index < -0.39 is 5.97 Å². The highest BCUT2D eigenvalue weighted by atomic mass is 16.4. The highest BCUT2D eigenvalue weighted by Gasteiger charge is 1.96. The topological polar surface area (TPSA) is 37.3 Å². The van der Waals surface area contributed by atoms with Crippen molar-refractivity contribution >= 4 is 5.97 Å². The third-order valence-electron chi connectivity index (χ3n) is 1.42. The third kappa shape index (κ3) is 7.06. The molecular weight excluding hydrogens is 152 g/mol. The first-order chi connectivity index (χ1) is 5.52. The van der Waals surface area contributed by atoms with Gasteiger partial charge in [0.1, 0.15) is 0 Å². The molecule has 0 rings (SSSR count). The van der Waals surface area contributed by atoms with Crippen molar-refractivity contribution in [1.29, 1.82) is 0 Å². The Balaban J connectivity index is 3.85.